The van der Waals surface area contributed by atoms with E-state index in [9.17, 15) is 13.4 Å². The van der Waals surface area contributed by atoms with Gasteiger partial charge < -0.3 is 5.73 Å². The molecule has 0 amide bonds. The van der Waals surface area contributed by atoms with E-state index in [2.05, 4.69) is 15.8 Å². The maximum atomic E-state index is 15.0. The lowest BCUT2D eigenvalue weighted by Gasteiger charge is -2.45. The topological polar surface area (TPSA) is 88.6 Å². The second kappa shape index (κ2) is 7.00. The van der Waals surface area contributed by atoms with E-state index >= 15 is 4.39 Å². The number of pyridine rings is 1. The first-order valence-electron chi connectivity index (χ1n) is 9.52. The van der Waals surface area contributed by atoms with Crippen molar-refractivity contribution in [1.29, 1.82) is 0 Å². The summed E-state index contributed by atoms with van der Waals surface area (Å²) >= 11 is 5.69. The van der Waals surface area contributed by atoms with Crippen LogP contribution in [-0.2, 0) is 21.7 Å². The van der Waals surface area contributed by atoms with Crippen LogP contribution in [0, 0.1) is 11.6 Å². The Labute approximate surface area is 184 Å². The molecule has 6 nitrogen and oxygen atoms in total. The molecule has 2 atom stereocenters. The van der Waals surface area contributed by atoms with Crippen molar-refractivity contribution in [2.75, 3.05) is 7.05 Å². The average molecular weight is 467 g/mol. The van der Waals surface area contributed by atoms with Gasteiger partial charge in [-0.1, -0.05) is 17.7 Å². The molecular formula is C21H21ClF2N4O2S. The number of aromatic nitrogens is 1. The Bertz CT molecular complexity index is 1240. The van der Waals surface area contributed by atoms with Gasteiger partial charge in [0.1, 0.15) is 17.1 Å². The van der Waals surface area contributed by atoms with Gasteiger partial charge in [0.2, 0.25) is 5.96 Å². The van der Waals surface area contributed by atoms with E-state index in [1.165, 1.54) is 28.7 Å². The summed E-state index contributed by atoms with van der Waals surface area (Å²) in [6, 6.07) is 5.17. The molecule has 1 aliphatic heterocycles. The Morgan fingerprint density at radius 1 is 1.32 bits per heavy atom. The highest BCUT2D eigenvalue weighted by Gasteiger charge is 2.67. The van der Waals surface area contributed by atoms with E-state index in [1.54, 1.807) is 14.0 Å². The number of Topliss-reactive ketones (excluding diaryl/α,β-unsaturated/α-hetero) is 1. The molecule has 0 bridgehead atoms. The van der Waals surface area contributed by atoms with Crippen molar-refractivity contribution in [1.82, 2.24) is 9.29 Å². The second-order valence-electron chi connectivity index (χ2n) is 8.07. The molecule has 1 saturated carbocycles. The fourth-order valence-electron chi connectivity index (χ4n) is 4.29. The van der Waals surface area contributed by atoms with Crippen LogP contribution in [0.4, 0.5) is 8.78 Å². The van der Waals surface area contributed by atoms with Crippen molar-refractivity contribution < 1.29 is 17.8 Å². The van der Waals surface area contributed by atoms with E-state index < -0.39 is 37.4 Å². The SMILES string of the molecule is C=S1(=O)N(C)C(N)=N[C@](C)(c2cc(CC(=O)c3ncc(Cl)cc3F)ccc2F)C12CC2. The van der Waals surface area contributed by atoms with E-state index in [1.807, 2.05) is 0 Å². The molecule has 31 heavy (non-hydrogen) atoms. The predicted octanol–water partition coefficient (Wildman–Crippen LogP) is 3.08. The number of carbonyl (C=O) groups is 1. The fourth-order valence-corrected chi connectivity index (χ4v) is 6.82. The first-order chi connectivity index (χ1) is 14.4. The van der Waals surface area contributed by atoms with E-state index in [0.717, 1.165) is 6.07 Å². The standard InChI is InChI=1S/C21H21ClF2N4O2S/c1-20(21(6-7-21)31(3,30)28(2)19(25)27-20)14-8-12(4-5-15(14)23)9-17(29)18-16(24)10-13(22)11-26-18/h4-5,8,10-11H,3,6-7,9H2,1-2H3,(H2,25,27)/t20-,31?/m1/s1. The number of benzene rings is 1. The summed E-state index contributed by atoms with van der Waals surface area (Å²) in [7, 11) is -1.30. The van der Waals surface area contributed by atoms with Crippen LogP contribution in [0.2, 0.25) is 5.02 Å². The lowest BCUT2D eigenvalue weighted by Crippen LogP contribution is -2.58. The molecule has 2 heterocycles. The molecule has 0 saturated heterocycles. The number of hydrogen-bond acceptors (Lipinski definition) is 5. The molecule has 1 aliphatic carbocycles. The van der Waals surface area contributed by atoms with Crippen LogP contribution in [-0.4, -0.2) is 42.9 Å². The van der Waals surface area contributed by atoms with Crippen LogP contribution < -0.4 is 5.73 Å². The van der Waals surface area contributed by atoms with Crippen LogP contribution in [0.15, 0.2) is 35.5 Å². The predicted molar refractivity (Wildman–Crippen MR) is 118 cm³/mol. The average Bonchev–Trinajstić information content (AvgIpc) is 3.50. The summed E-state index contributed by atoms with van der Waals surface area (Å²) in [6.07, 6.45) is 2.08. The summed E-state index contributed by atoms with van der Waals surface area (Å²) in [4.78, 5) is 20.9. The van der Waals surface area contributed by atoms with Gasteiger partial charge in [-0.05, 0) is 49.4 Å². The van der Waals surface area contributed by atoms with Crippen LogP contribution >= 0.6 is 11.6 Å². The third-order valence-corrected chi connectivity index (χ3v) is 9.60. The molecule has 4 rings (SSSR count). The van der Waals surface area contributed by atoms with Crippen LogP contribution in [0.3, 0.4) is 0 Å². The Kier molecular flexibility index (Phi) is 4.90. The smallest absolute Gasteiger partial charge is 0.203 e. The first kappa shape index (κ1) is 21.7. The zero-order chi connectivity index (χ0) is 22.8. The van der Waals surface area contributed by atoms with Gasteiger partial charge in [-0.2, -0.15) is 0 Å². The van der Waals surface area contributed by atoms with Gasteiger partial charge in [0.15, 0.2) is 11.6 Å². The highest BCUT2D eigenvalue weighted by atomic mass is 35.5. The maximum Gasteiger partial charge on any atom is 0.203 e. The van der Waals surface area contributed by atoms with Crippen molar-refractivity contribution >= 4 is 38.9 Å². The minimum absolute atomic E-state index is 0.00772. The number of aliphatic imine (C=N–C) groups is 1. The highest BCUT2D eigenvalue weighted by molar-refractivity contribution is 8.00. The van der Waals surface area contributed by atoms with E-state index in [4.69, 9.17) is 17.3 Å². The van der Waals surface area contributed by atoms with Crippen LogP contribution in [0.1, 0.15) is 41.4 Å². The highest BCUT2D eigenvalue weighted by Crippen LogP contribution is 2.60. The Morgan fingerprint density at radius 2 is 2.00 bits per heavy atom. The molecule has 0 radical (unpaired) electrons. The zero-order valence-corrected chi connectivity index (χ0v) is 18.6. The van der Waals surface area contributed by atoms with Crippen molar-refractivity contribution in [3.63, 3.8) is 0 Å². The van der Waals surface area contributed by atoms with Gasteiger partial charge in [-0.15, -0.1) is 0 Å². The number of carbonyl (C=O) groups excluding carboxylic acids is 1. The third kappa shape index (κ3) is 3.13. The van der Waals surface area contributed by atoms with Gasteiger partial charge in [0.25, 0.3) is 0 Å². The third-order valence-electron chi connectivity index (χ3n) is 6.30. The van der Waals surface area contributed by atoms with Crippen molar-refractivity contribution in [2.45, 2.75) is 36.5 Å². The Balaban J connectivity index is 1.76. The number of nitrogens with two attached hydrogens (primary N) is 1. The molecule has 10 heteroatoms. The Morgan fingerprint density at radius 3 is 2.61 bits per heavy atom. The van der Waals surface area contributed by atoms with Crippen LogP contribution in [0.5, 0.6) is 0 Å². The minimum Gasteiger partial charge on any atom is -0.369 e. The number of ketones is 1. The maximum absolute atomic E-state index is 15.0. The van der Waals surface area contributed by atoms with Gasteiger partial charge in [-0.25, -0.2) is 23.0 Å². The molecule has 2 aromatic rings. The number of guanidine groups is 1. The molecule has 1 fully saturated rings. The summed E-state index contributed by atoms with van der Waals surface area (Å²) in [5.41, 5.74) is 5.05. The number of halogens is 3. The molecule has 2 aliphatic rings. The lowest BCUT2D eigenvalue weighted by atomic mass is 9.85. The fraction of sp³-hybridized carbons (Fsp3) is 0.333. The number of rotatable bonds is 4. The lowest BCUT2D eigenvalue weighted by molar-refractivity contribution is 0.0984. The monoisotopic (exact) mass is 466 g/mol. The van der Waals surface area contributed by atoms with Gasteiger partial charge in [0.05, 0.1) is 19.5 Å². The summed E-state index contributed by atoms with van der Waals surface area (Å²) < 4.78 is 43.1. The Hall–Kier alpha value is -2.52. The van der Waals surface area contributed by atoms with Crippen molar-refractivity contribution in [2.24, 2.45) is 10.7 Å². The molecule has 2 N–H and O–H groups in total. The second-order valence-corrected chi connectivity index (χ2v) is 11.1. The zero-order valence-electron chi connectivity index (χ0n) is 17.0. The molecule has 1 aromatic heterocycles. The molecule has 1 aromatic carbocycles. The minimum atomic E-state index is -2.87. The normalized spacial score (nSPS) is 26.6. The van der Waals surface area contributed by atoms with E-state index in [-0.39, 0.29) is 28.7 Å². The molecular weight excluding hydrogens is 446 g/mol. The van der Waals surface area contributed by atoms with Crippen molar-refractivity contribution in [3.8, 4) is 0 Å². The van der Waals surface area contributed by atoms with Gasteiger partial charge >= 0.3 is 0 Å². The summed E-state index contributed by atoms with van der Waals surface area (Å²) in [5, 5.41) is 0.0789. The largest absolute Gasteiger partial charge is 0.369 e. The number of nitrogens with zero attached hydrogens (tertiary/aromatic N) is 3. The van der Waals surface area contributed by atoms with Crippen LogP contribution in [0.25, 0.3) is 0 Å². The van der Waals surface area contributed by atoms with Gasteiger partial charge in [-0.3, -0.25) is 9.10 Å². The van der Waals surface area contributed by atoms with Crippen molar-refractivity contribution in [3.05, 3.63) is 63.9 Å². The molecule has 1 unspecified atom stereocenters. The summed E-state index contributed by atoms with van der Waals surface area (Å²) in [5.74, 6) is 1.96. The van der Waals surface area contributed by atoms with E-state index in [0.29, 0.717) is 18.4 Å². The number of hydrogen-bond donors (Lipinski definition) is 1. The molecule has 164 valence electrons. The quantitative estimate of drug-likeness (QED) is 0.554. The van der Waals surface area contributed by atoms with Gasteiger partial charge in [0, 0.05) is 25.2 Å². The first-order valence-corrected chi connectivity index (χ1v) is 11.6. The molecule has 1 spiro atoms. The summed E-state index contributed by atoms with van der Waals surface area (Å²) in [6.45, 7) is 1.69.